The lowest BCUT2D eigenvalue weighted by Crippen LogP contribution is -2.51. The number of nitrogens with zero attached hydrogens (tertiary/aromatic N) is 1. The Morgan fingerprint density at radius 3 is 2.75 bits per heavy atom. The molecule has 2 aliphatic rings. The Bertz CT molecular complexity index is 266. The summed E-state index contributed by atoms with van der Waals surface area (Å²) in [5.41, 5.74) is 6.02. The number of hydrogen-bond acceptors (Lipinski definition) is 3. The minimum absolute atomic E-state index is 0.152. The molecule has 2 fully saturated rings. The fourth-order valence-electron chi connectivity index (χ4n) is 2.89. The molecule has 1 aliphatic heterocycles. The predicted molar refractivity (Wildman–Crippen MR) is 62.1 cm³/mol. The Balaban J connectivity index is 1.90. The zero-order valence-corrected chi connectivity index (χ0v) is 9.93. The van der Waals surface area contributed by atoms with Crippen LogP contribution < -0.4 is 5.73 Å². The highest BCUT2D eigenvalue weighted by Gasteiger charge is 2.36. The molecule has 4 nitrogen and oxygen atoms in total. The fraction of sp³-hybridized carbons (Fsp3) is 0.917. The maximum Gasteiger partial charge on any atom is 0.303 e. The van der Waals surface area contributed by atoms with Gasteiger partial charge in [0.25, 0.3) is 0 Å². The first-order valence-electron chi connectivity index (χ1n) is 6.27. The highest BCUT2D eigenvalue weighted by molar-refractivity contribution is 5.67. The van der Waals surface area contributed by atoms with Gasteiger partial charge in [0.2, 0.25) is 0 Å². The van der Waals surface area contributed by atoms with Crippen LogP contribution in [0.4, 0.5) is 0 Å². The number of rotatable bonds is 4. The minimum Gasteiger partial charge on any atom is -0.481 e. The van der Waals surface area contributed by atoms with Crippen LogP contribution in [0, 0.1) is 11.8 Å². The van der Waals surface area contributed by atoms with Gasteiger partial charge in [0.05, 0.1) is 0 Å². The Morgan fingerprint density at radius 1 is 1.50 bits per heavy atom. The van der Waals surface area contributed by atoms with Crippen LogP contribution in [0.2, 0.25) is 0 Å². The van der Waals surface area contributed by atoms with Gasteiger partial charge in [-0.3, -0.25) is 9.69 Å². The first kappa shape index (κ1) is 11.9. The summed E-state index contributed by atoms with van der Waals surface area (Å²) < 4.78 is 0. The number of nitrogens with two attached hydrogens (primary N) is 1. The fourth-order valence-corrected chi connectivity index (χ4v) is 2.89. The van der Waals surface area contributed by atoms with Crippen LogP contribution in [0.1, 0.15) is 32.6 Å². The molecule has 0 aromatic carbocycles. The number of aliphatic carboxylic acids is 1. The van der Waals surface area contributed by atoms with Crippen molar-refractivity contribution in [1.82, 2.24) is 4.90 Å². The molecule has 1 aliphatic carbocycles. The van der Waals surface area contributed by atoms with Gasteiger partial charge in [0, 0.05) is 31.6 Å². The van der Waals surface area contributed by atoms with E-state index in [4.69, 9.17) is 10.8 Å². The van der Waals surface area contributed by atoms with Crippen LogP contribution in [0.5, 0.6) is 0 Å². The standard InChI is InChI=1S/C12H22N2O2/c1-8(10-2-3-10)14-6-9(5-12(15)16)4-11(13)7-14/h8-11H,2-7,13H2,1H3,(H,15,16). The third-order valence-corrected chi connectivity index (χ3v) is 3.94. The second kappa shape index (κ2) is 4.72. The summed E-state index contributed by atoms with van der Waals surface area (Å²) in [4.78, 5) is 13.1. The van der Waals surface area contributed by atoms with E-state index in [2.05, 4.69) is 11.8 Å². The van der Waals surface area contributed by atoms with Crippen molar-refractivity contribution in [3.8, 4) is 0 Å². The van der Waals surface area contributed by atoms with Gasteiger partial charge < -0.3 is 10.8 Å². The van der Waals surface area contributed by atoms with E-state index in [1.807, 2.05) is 0 Å². The van der Waals surface area contributed by atoms with Gasteiger partial charge in [-0.2, -0.15) is 0 Å². The molecule has 3 unspecified atom stereocenters. The van der Waals surface area contributed by atoms with Crippen molar-refractivity contribution < 1.29 is 9.90 Å². The van der Waals surface area contributed by atoms with Crippen molar-refractivity contribution in [3.05, 3.63) is 0 Å². The zero-order chi connectivity index (χ0) is 11.7. The zero-order valence-electron chi connectivity index (χ0n) is 9.93. The number of carboxylic acid groups (broad SMARTS) is 1. The van der Waals surface area contributed by atoms with Gasteiger partial charge in [-0.25, -0.2) is 0 Å². The first-order chi connectivity index (χ1) is 7.56. The Morgan fingerprint density at radius 2 is 2.19 bits per heavy atom. The smallest absolute Gasteiger partial charge is 0.303 e. The summed E-state index contributed by atoms with van der Waals surface area (Å²) in [6.07, 6.45) is 3.79. The van der Waals surface area contributed by atoms with E-state index < -0.39 is 5.97 Å². The molecule has 92 valence electrons. The molecule has 16 heavy (non-hydrogen) atoms. The van der Waals surface area contributed by atoms with E-state index in [1.54, 1.807) is 0 Å². The van der Waals surface area contributed by atoms with E-state index in [-0.39, 0.29) is 18.4 Å². The minimum atomic E-state index is -0.696. The third kappa shape index (κ3) is 2.95. The van der Waals surface area contributed by atoms with Crippen molar-refractivity contribution >= 4 is 5.97 Å². The normalized spacial score (nSPS) is 33.6. The molecule has 0 amide bonds. The Hall–Kier alpha value is -0.610. The van der Waals surface area contributed by atoms with Gasteiger partial charge in [-0.1, -0.05) is 0 Å². The molecule has 2 rings (SSSR count). The number of carbonyl (C=O) groups is 1. The number of hydrogen-bond donors (Lipinski definition) is 2. The van der Waals surface area contributed by atoms with Gasteiger partial charge in [0.1, 0.15) is 0 Å². The lowest BCUT2D eigenvalue weighted by Gasteiger charge is -2.39. The van der Waals surface area contributed by atoms with Crippen LogP contribution in [0.15, 0.2) is 0 Å². The van der Waals surface area contributed by atoms with E-state index in [0.717, 1.165) is 25.4 Å². The maximum absolute atomic E-state index is 10.7. The monoisotopic (exact) mass is 226 g/mol. The lowest BCUT2D eigenvalue weighted by molar-refractivity contribution is -0.138. The summed E-state index contributed by atoms with van der Waals surface area (Å²) in [7, 11) is 0. The lowest BCUT2D eigenvalue weighted by atomic mass is 9.90. The second-order valence-electron chi connectivity index (χ2n) is 5.49. The molecule has 0 aromatic heterocycles. The molecule has 0 bridgehead atoms. The highest BCUT2D eigenvalue weighted by atomic mass is 16.4. The van der Waals surface area contributed by atoms with Gasteiger partial charge in [-0.05, 0) is 38.0 Å². The topological polar surface area (TPSA) is 66.6 Å². The largest absolute Gasteiger partial charge is 0.481 e. The molecule has 1 heterocycles. The molecule has 3 N–H and O–H groups in total. The molecule has 4 heteroatoms. The summed E-state index contributed by atoms with van der Waals surface area (Å²) >= 11 is 0. The number of likely N-dealkylation sites (tertiary alicyclic amines) is 1. The van der Waals surface area contributed by atoms with Crippen molar-refractivity contribution in [1.29, 1.82) is 0 Å². The highest BCUT2D eigenvalue weighted by Crippen LogP contribution is 2.36. The van der Waals surface area contributed by atoms with Crippen molar-refractivity contribution in [2.45, 2.75) is 44.7 Å². The number of piperidine rings is 1. The van der Waals surface area contributed by atoms with E-state index in [9.17, 15) is 4.79 Å². The van der Waals surface area contributed by atoms with Gasteiger partial charge >= 0.3 is 5.97 Å². The Kier molecular flexibility index (Phi) is 3.50. The third-order valence-electron chi connectivity index (χ3n) is 3.94. The van der Waals surface area contributed by atoms with Crippen molar-refractivity contribution in [2.24, 2.45) is 17.6 Å². The predicted octanol–water partition coefficient (Wildman–Crippen LogP) is 0.909. The second-order valence-corrected chi connectivity index (χ2v) is 5.49. The molecule has 3 atom stereocenters. The Labute approximate surface area is 96.8 Å². The summed E-state index contributed by atoms with van der Waals surface area (Å²) in [6.45, 7) is 4.11. The average molecular weight is 226 g/mol. The quantitative estimate of drug-likeness (QED) is 0.747. The molecule has 0 radical (unpaired) electrons. The molecule has 1 saturated carbocycles. The van der Waals surface area contributed by atoms with Crippen LogP contribution in [-0.4, -0.2) is 41.1 Å². The molecular weight excluding hydrogens is 204 g/mol. The van der Waals surface area contributed by atoms with E-state index >= 15 is 0 Å². The van der Waals surface area contributed by atoms with E-state index in [1.165, 1.54) is 12.8 Å². The van der Waals surface area contributed by atoms with Crippen LogP contribution >= 0.6 is 0 Å². The molecular formula is C12H22N2O2. The van der Waals surface area contributed by atoms with Crippen LogP contribution in [-0.2, 0) is 4.79 Å². The molecule has 0 aromatic rings. The van der Waals surface area contributed by atoms with Gasteiger partial charge in [-0.15, -0.1) is 0 Å². The summed E-state index contributed by atoms with van der Waals surface area (Å²) in [5, 5.41) is 8.84. The summed E-state index contributed by atoms with van der Waals surface area (Å²) in [5.74, 6) is 0.372. The van der Waals surface area contributed by atoms with Crippen molar-refractivity contribution in [3.63, 3.8) is 0 Å². The maximum atomic E-state index is 10.7. The summed E-state index contributed by atoms with van der Waals surface area (Å²) in [6, 6.07) is 0.738. The van der Waals surface area contributed by atoms with Crippen molar-refractivity contribution in [2.75, 3.05) is 13.1 Å². The number of carboxylic acids is 1. The molecule has 1 saturated heterocycles. The first-order valence-corrected chi connectivity index (χ1v) is 6.27. The van der Waals surface area contributed by atoms with Gasteiger partial charge in [0.15, 0.2) is 0 Å². The molecule has 0 spiro atoms. The van der Waals surface area contributed by atoms with E-state index in [0.29, 0.717) is 6.04 Å². The van der Waals surface area contributed by atoms with Crippen LogP contribution in [0.3, 0.4) is 0 Å². The average Bonchev–Trinajstić information content (AvgIpc) is 2.97. The SMILES string of the molecule is CC(C1CC1)N1CC(N)CC(CC(=O)O)C1. The van der Waals surface area contributed by atoms with Crippen LogP contribution in [0.25, 0.3) is 0 Å².